The van der Waals surface area contributed by atoms with Gasteiger partial charge in [0.05, 0.1) is 5.92 Å². The minimum Gasteiger partial charge on any atom is -0.481 e. The van der Waals surface area contributed by atoms with Gasteiger partial charge < -0.3 is 25.6 Å². The standard InChI is InChI=1S/C13H23NO6.C12H23N/c1-12(2,3)7(9(15)16)8(10(17)18)14-11(19)20-13(4,5)6;1-3-7-11(8-4-1)13-12-9-5-2-6-10-12/h7-8H,1-6H3,(H,14,19)(H,15,16)(H,17,18);11-13H,1-10H2/t7?,8-;/m0./s1. The first kappa shape index (κ1) is 29.2. The number of alkyl carbamates (subject to hydrolysis) is 1. The SMILES string of the molecule is C1CCC(NC2CCCCC2)CC1.CC(C)(C)OC(=O)N[C@H](C(=O)O)C(C(=O)O)C(C)(C)C. The summed E-state index contributed by atoms with van der Waals surface area (Å²) in [6.45, 7) is 9.66. The minimum atomic E-state index is -1.57. The number of aliphatic carboxylic acids is 2. The van der Waals surface area contributed by atoms with E-state index in [0.717, 1.165) is 12.1 Å². The summed E-state index contributed by atoms with van der Waals surface area (Å²) >= 11 is 0. The predicted molar refractivity (Wildman–Crippen MR) is 128 cm³/mol. The van der Waals surface area contributed by atoms with Crippen molar-refractivity contribution < 1.29 is 29.3 Å². The summed E-state index contributed by atoms with van der Waals surface area (Å²) in [6.07, 6.45) is 13.6. The topological polar surface area (TPSA) is 125 Å². The number of rotatable bonds is 6. The maximum Gasteiger partial charge on any atom is 0.408 e. The van der Waals surface area contributed by atoms with Crippen molar-refractivity contribution in [3.63, 3.8) is 0 Å². The number of carboxylic acids is 2. The van der Waals surface area contributed by atoms with E-state index >= 15 is 0 Å². The van der Waals surface area contributed by atoms with Crippen LogP contribution in [0.15, 0.2) is 0 Å². The molecule has 33 heavy (non-hydrogen) atoms. The molecule has 0 aromatic carbocycles. The molecule has 2 aliphatic rings. The molecule has 8 nitrogen and oxygen atoms in total. The zero-order valence-electron chi connectivity index (χ0n) is 21.4. The van der Waals surface area contributed by atoms with Crippen LogP contribution in [0, 0.1) is 11.3 Å². The van der Waals surface area contributed by atoms with Gasteiger partial charge in [0.2, 0.25) is 0 Å². The molecular formula is C25H46N2O6. The van der Waals surface area contributed by atoms with E-state index in [4.69, 9.17) is 9.84 Å². The largest absolute Gasteiger partial charge is 0.481 e. The second-order valence-corrected chi connectivity index (χ2v) is 11.5. The normalized spacial score (nSPS) is 20.1. The number of nitrogens with one attached hydrogen (secondary N) is 2. The van der Waals surface area contributed by atoms with E-state index in [-0.39, 0.29) is 0 Å². The summed E-state index contributed by atoms with van der Waals surface area (Å²) in [5, 5.41) is 24.4. The summed E-state index contributed by atoms with van der Waals surface area (Å²) in [5.74, 6) is -3.99. The molecule has 0 radical (unpaired) electrons. The molecule has 192 valence electrons. The van der Waals surface area contributed by atoms with Gasteiger partial charge in [0.15, 0.2) is 0 Å². The van der Waals surface area contributed by atoms with Crippen LogP contribution in [0.4, 0.5) is 4.79 Å². The van der Waals surface area contributed by atoms with Gasteiger partial charge in [-0.2, -0.15) is 0 Å². The predicted octanol–water partition coefficient (Wildman–Crippen LogP) is 4.95. The van der Waals surface area contributed by atoms with Crippen LogP contribution in [0.5, 0.6) is 0 Å². The fraction of sp³-hybridized carbons (Fsp3) is 0.880. The highest BCUT2D eigenvalue weighted by molar-refractivity contribution is 5.86. The third kappa shape index (κ3) is 11.7. The molecule has 2 aliphatic carbocycles. The van der Waals surface area contributed by atoms with Gasteiger partial charge in [-0.1, -0.05) is 59.3 Å². The molecule has 0 aromatic heterocycles. The molecule has 2 rings (SSSR count). The maximum atomic E-state index is 11.6. The van der Waals surface area contributed by atoms with E-state index in [2.05, 4.69) is 10.6 Å². The van der Waals surface area contributed by atoms with Gasteiger partial charge in [-0.15, -0.1) is 0 Å². The molecule has 2 fully saturated rings. The number of ether oxygens (including phenoxy) is 1. The van der Waals surface area contributed by atoms with Crippen LogP contribution in [-0.2, 0) is 14.3 Å². The zero-order chi connectivity index (χ0) is 25.2. The van der Waals surface area contributed by atoms with Crippen LogP contribution in [0.1, 0.15) is 106 Å². The van der Waals surface area contributed by atoms with Crippen molar-refractivity contribution in [1.82, 2.24) is 10.6 Å². The third-order valence-electron chi connectivity index (χ3n) is 6.15. The third-order valence-corrected chi connectivity index (χ3v) is 6.15. The van der Waals surface area contributed by atoms with Crippen LogP contribution < -0.4 is 10.6 Å². The highest BCUT2D eigenvalue weighted by atomic mass is 16.6. The smallest absolute Gasteiger partial charge is 0.408 e. The van der Waals surface area contributed by atoms with E-state index in [1.165, 1.54) is 64.2 Å². The molecule has 4 N–H and O–H groups in total. The highest BCUT2D eigenvalue weighted by Crippen LogP contribution is 2.29. The van der Waals surface area contributed by atoms with Crippen LogP contribution in [-0.4, -0.2) is 52.0 Å². The first-order valence-corrected chi connectivity index (χ1v) is 12.4. The van der Waals surface area contributed by atoms with Crippen molar-refractivity contribution in [1.29, 1.82) is 0 Å². The number of amides is 1. The Labute approximate surface area is 199 Å². The Morgan fingerprint density at radius 1 is 0.758 bits per heavy atom. The Bertz CT molecular complexity index is 610. The Morgan fingerprint density at radius 2 is 1.18 bits per heavy atom. The Balaban J connectivity index is 0.000000357. The molecular weight excluding hydrogens is 424 g/mol. The van der Waals surface area contributed by atoms with E-state index in [1.54, 1.807) is 41.5 Å². The van der Waals surface area contributed by atoms with Crippen molar-refractivity contribution >= 4 is 18.0 Å². The summed E-state index contributed by atoms with van der Waals surface area (Å²) in [6, 6.07) is 0.177. The molecule has 0 spiro atoms. The van der Waals surface area contributed by atoms with E-state index in [0.29, 0.717) is 0 Å². The van der Waals surface area contributed by atoms with Crippen molar-refractivity contribution in [2.24, 2.45) is 11.3 Å². The number of carbonyl (C=O) groups is 3. The number of carbonyl (C=O) groups excluding carboxylic acids is 1. The van der Waals surface area contributed by atoms with Gasteiger partial charge >= 0.3 is 18.0 Å². The van der Waals surface area contributed by atoms with Crippen LogP contribution in [0.25, 0.3) is 0 Å². The quantitative estimate of drug-likeness (QED) is 0.433. The van der Waals surface area contributed by atoms with Crippen LogP contribution in [0.2, 0.25) is 0 Å². The summed E-state index contributed by atoms with van der Waals surface area (Å²) in [7, 11) is 0. The molecule has 1 amide bonds. The van der Waals surface area contributed by atoms with E-state index < -0.39 is 41.0 Å². The first-order valence-electron chi connectivity index (χ1n) is 12.4. The van der Waals surface area contributed by atoms with Crippen molar-refractivity contribution in [3.8, 4) is 0 Å². The number of hydrogen-bond acceptors (Lipinski definition) is 5. The minimum absolute atomic E-state index is 0.798. The lowest BCUT2D eigenvalue weighted by atomic mass is 9.76. The lowest BCUT2D eigenvalue weighted by Gasteiger charge is -2.32. The average molecular weight is 471 g/mol. The van der Waals surface area contributed by atoms with E-state index in [1.807, 2.05) is 0 Å². The van der Waals surface area contributed by atoms with Crippen LogP contribution in [0.3, 0.4) is 0 Å². The molecule has 2 atom stereocenters. The first-order chi connectivity index (χ1) is 15.2. The van der Waals surface area contributed by atoms with Gasteiger partial charge in [-0.05, 0) is 51.9 Å². The molecule has 0 aromatic rings. The lowest BCUT2D eigenvalue weighted by molar-refractivity contribution is -0.155. The van der Waals surface area contributed by atoms with Gasteiger partial charge in [0.25, 0.3) is 0 Å². The lowest BCUT2D eigenvalue weighted by Crippen LogP contribution is -2.53. The summed E-state index contributed by atoms with van der Waals surface area (Å²) < 4.78 is 4.95. The van der Waals surface area contributed by atoms with Gasteiger partial charge in [0, 0.05) is 12.1 Å². The maximum absolute atomic E-state index is 11.6. The second kappa shape index (κ2) is 13.2. The summed E-state index contributed by atoms with van der Waals surface area (Å²) in [5.41, 5.74) is -1.64. The van der Waals surface area contributed by atoms with Gasteiger partial charge in [-0.3, -0.25) is 4.79 Å². The second-order valence-electron chi connectivity index (χ2n) is 11.5. The van der Waals surface area contributed by atoms with Gasteiger partial charge in [0.1, 0.15) is 11.6 Å². The number of carboxylic acid groups (broad SMARTS) is 2. The molecule has 2 saturated carbocycles. The number of hydrogen-bond donors (Lipinski definition) is 4. The Hall–Kier alpha value is -1.83. The van der Waals surface area contributed by atoms with Crippen molar-refractivity contribution in [2.75, 3.05) is 0 Å². The molecule has 0 heterocycles. The fourth-order valence-corrected chi connectivity index (χ4v) is 4.61. The monoisotopic (exact) mass is 470 g/mol. The zero-order valence-corrected chi connectivity index (χ0v) is 21.4. The van der Waals surface area contributed by atoms with Crippen molar-refractivity contribution in [2.45, 2.75) is 129 Å². The van der Waals surface area contributed by atoms with Crippen molar-refractivity contribution in [3.05, 3.63) is 0 Å². The van der Waals surface area contributed by atoms with E-state index in [9.17, 15) is 19.5 Å². The molecule has 8 heteroatoms. The molecule has 0 aliphatic heterocycles. The summed E-state index contributed by atoms with van der Waals surface area (Å²) in [4.78, 5) is 34.2. The average Bonchev–Trinajstić information content (AvgIpc) is 2.66. The Morgan fingerprint density at radius 3 is 1.48 bits per heavy atom. The van der Waals surface area contributed by atoms with Crippen LogP contribution >= 0.6 is 0 Å². The van der Waals surface area contributed by atoms with Gasteiger partial charge in [-0.25, -0.2) is 9.59 Å². The Kier molecular flexibility index (Phi) is 11.6. The molecule has 0 saturated heterocycles. The molecule has 1 unspecified atom stereocenters. The molecule has 0 bridgehead atoms. The highest BCUT2D eigenvalue weighted by Gasteiger charge is 2.43. The fourth-order valence-electron chi connectivity index (χ4n) is 4.61.